The second-order valence-electron chi connectivity index (χ2n) is 5.34. The number of ether oxygens (including phenoxy) is 2. The van der Waals surface area contributed by atoms with Crippen molar-refractivity contribution in [2.45, 2.75) is 19.9 Å². The van der Waals surface area contributed by atoms with Crippen LogP contribution in [0.1, 0.15) is 24.8 Å². The van der Waals surface area contributed by atoms with E-state index in [9.17, 15) is 14.4 Å². The summed E-state index contributed by atoms with van der Waals surface area (Å²) in [6.07, 6.45) is 1.14. The van der Waals surface area contributed by atoms with Gasteiger partial charge >= 0.3 is 11.9 Å². The molecule has 2 aromatic heterocycles. The minimum Gasteiger partial charge on any atom is -0.466 e. The van der Waals surface area contributed by atoms with Crippen molar-refractivity contribution >= 4 is 40.7 Å². The zero-order chi connectivity index (χ0) is 18.8. The second kappa shape index (κ2) is 7.38. The molecule has 0 spiro atoms. The zero-order valence-corrected chi connectivity index (χ0v) is 16.0. The molecule has 1 unspecified atom stereocenters. The molecule has 0 bridgehead atoms. The van der Waals surface area contributed by atoms with Gasteiger partial charge in [0.1, 0.15) is 10.6 Å². The van der Waals surface area contributed by atoms with Crippen molar-refractivity contribution in [3.05, 3.63) is 53.3 Å². The number of carbonyl (C=O) groups excluding carboxylic acids is 2. The van der Waals surface area contributed by atoms with Crippen molar-refractivity contribution < 1.29 is 19.1 Å². The molecule has 0 aliphatic carbocycles. The van der Waals surface area contributed by atoms with E-state index in [4.69, 9.17) is 4.74 Å². The Morgan fingerprint density at radius 1 is 1.42 bits per heavy atom. The Balaban J connectivity index is 2.28. The number of nitrogens with zero attached hydrogens (tertiary/aromatic N) is 2. The first-order valence-corrected chi connectivity index (χ1v) is 9.48. The number of rotatable bonds is 4. The molecule has 0 amide bonds. The molecule has 3 rings (SSSR count). The lowest BCUT2D eigenvalue weighted by molar-refractivity contribution is -0.139. The van der Waals surface area contributed by atoms with Gasteiger partial charge in [0.2, 0.25) is 0 Å². The molecule has 0 saturated carbocycles. The summed E-state index contributed by atoms with van der Waals surface area (Å²) in [6, 6.07) is 3.07. The average molecular weight is 392 g/mol. The summed E-state index contributed by atoms with van der Waals surface area (Å²) in [4.78, 5) is 42.6. The van der Waals surface area contributed by atoms with Crippen LogP contribution in [0.2, 0.25) is 0 Å². The third kappa shape index (κ3) is 3.15. The van der Waals surface area contributed by atoms with Gasteiger partial charge in [-0.15, -0.1) is 11.3 Å². The van der Waals surface area contributed by atoms with Crippen LogP contribution in [0.25, 0.3) is 6.08 Å². The highest BCUT2D eigenvalue weighted by molar-refractivity contribution is 7.10. The summed E-state index contributed by atoms with van der Waals surface area (Å²) in [5.41, 5.74) is 0.422. The summed E-state index contributed by atoms with van der Waals surface area (Å²) in [7, 11) is 1.24. The zero-order valence-electron chi connectivity index (χ0n) is 14.3. The molecule has 1 atom stereocenters. The number of allylic oxidation sites excluding steroid dienone is 1. The molecule has 1 aliphatic heterocycles. The van der Waals surface area contributed by atoms with E-state index in [0.717, 1.165) is 22.3 Å². The summed E-state index contributed by atoms with van der Waals surface area (Å²) >= 11 is 2.51. The van der Waals surface area contributed by atoms with Gasteiger partial charge in [-0.2, -0.15) is 0 Å². The minimum atomic E-state index is -0.634. The van der Waals surface area contributed by atoms with Gasteiger partial charge in [-0.25, -0.2) is 14.6 Å². The first-order valence-electron chi connectivity index (χ1n) is 7.79. The summed E-state index contributed by atoms with van der Waals surface area (Å²) in [5.74, 6) is -1.13. The quantitative estimate of drug-likeness (QED) is 0.724. The van der Waals surface area contributed by atoms with Crippen molar-refractivity contribution in [2.24, 2.45) is 4.99 Å². The third-order valence-corrected chi connectivity index (χ3v) is 5.69. The highest BCUT2D eigenvalue weighted by atomic mass is 32.1. The maximum atomic E-state index is 12.9. The normalized spacial score (nSPS) is 16.9. The lowest BCUT2D eigenvalue weighted by Crippen LogP contribution is -2.39. The van der Waals surface area contributed by atoms with E-state index < -0.39 is 23.5 Å². The van der Waals surface area contributed by atoms with Gasteiger partial charge in [-0.1, -0.05) is 17.4 Å². The minimum absolute atomic E-state index is 0.204. The Morgan fingerprint density at radius 3 is 2.81 bits per heavy atom. The van der Waals surface area contributed by atoms with Crippen molar-refractivity contribution in [3.8, 4) is 0 Å². The molecule has 0 aromatic carbocycles. The van der Waals surface area contributed by atoms with Crippen molar-refractivity contribution in [1.29, 1.82) is 0 Å². The molecule has 9 heteroatoms. The van der Waals surface area contributed by atoms with Crippen molar-refractivity contribution in [3.63, 3.8) is 0 Å². The number of methoxy groups -OCH3 is 1. The Labute approximate surface area is 156 Å². The van der Waals surface area contributed by atoms with E-state index >= 15 is 0 Å². The van der Waals surface area contributed by atoms with Gasteiger partial charge in [0.15, 0.2) is 4.80 Å². The number of hydrogen-bond acceptors (Lipinski definition) is 8. The predicted molar refractivity (Wildman–Crippen MR) is 97.6 cm³/mol. The smallest absolute Gasteiger partial charge is 0.338 e. The predicted octanol–water partition coefficient (Wildman–Crippen LogP) is 0.984. The van der Waals surface area contributed by atoms with Gasteiger partial charge in [-0.05, 0) is 25.3 Å². The number of esters is 2. The van der Waals surface area contributed by atoms with Gasteiger partial charge < -0.3 is 9.47 Å². The summed E-state index contributed by atoms with van der Waals surface area (Å²) in [5, 5.41) is 1.87. The molecule has 136 valence electrons. The highest BCUT2D eigenvalue weighted by Crippen LogP contribution is 2.33. The van der Waals surface area contributed by atoms with Crippen molar-refractivity contribution in [2.75, 3.05) is 13.7 Å². The van der Waals surface area contributed by atoms with Gasteiger partial charge in [0, 0.05) is 11.0 Å². The number of thiazole rings is 1. The molecule has 3 heterocycles. The summed E-state index contributed by atoms with van der Waals surface area (Å²) in [6.45, 7) is 3.66. The first kappa shape index (κ1) is 18.3. The molecule has 1 aliphatic rings. The molecule has 26 heavy (non-hydrogen) atoms. The fourth-order valence-electron chi connectivity index (χ4n) is 2.67. The van der Waals surface area contributed by atoms with Crippen LogP contribution in [-0.2, 0) is 19.1 Å². The molecule has 0 fully saturated rings. The van der Waals surface area contributed by atoms with Crippen LogP contribution in [0.15, 0.2) is 38.6 Å². The number of aromatic nitrogens is 1. The summed E-state index contributed by atoms with van der Waals surface area (Å²) < 4.78 is 11.4. The lowest BCUT2D eigenvalue weighted by atomic mass is 10.0. The fourth-order valence-corrected chi connectivity index (χ4v) is 4.50. The Hall–Kier alpha value is -2.52. The van der Waals surface area contributed by atoms with Gasteiger partial charge in [0.25, 0.3) is 5.56 Å². The lowest BCUT2D eigenvalue weighted by Gasteiger charge is -2.23. The maximum absolute atomic E-state index is 12.9. The number of hydrogen-bond donors (Lipinski definition) is 0. The van der Waals surface area contributed by atoms with E-state index in [1.54, 1.807) is 13.8 Å². The van der Waals surface area contributed by atoms with Crippen LogP contribution in [0.3, 0.4) is 0 Å². The standard InChI is InChI=1S/C17H16N2O5S2/c1-4-24-16(22)13-9(2)18-17-19(14(13)10-6-5-7-25-10)15(21)11(26-17)8-12(20)23-3/h5-8,14H,4H2,1-3H3/b11-8-. The first-order chi connectivity index (χ1) is 12.5. The molecule has 0 radical (unpaired) electrons. The van der Waals surface area contributed by atoms with Crippen LogP contribution >= 0.6 is 22.7 Å². The number of fused-ring (bicyclic) bond motifs is 1. The monoisotopic (exact) mass is 392 g/mol. The molecule has 7 nitrogen and oxygen atoms in total. The van der Waals surface area contributed by atoms with Crippen LogP contribution in [0.5, 0.6) is 0 Å². The maximum Gasteiger partial charge on any atom is 0.338 e. The van der Waals surface area contributed by atoms with Gasteiger partial charge in [0.05, 0.1) is 25.0 Å². The Bertz CT molecular complexity index is 1060. The topological polar surface area (TPSA) is 87.0 Å². The second-order valence-corrected chi connectivity index (χ2v) is 7.33. The molecule has 2 aromatic rings. The fraction of sp³-hybridized carbons (Fsp3) is 0.294. The van der Waals surface area contributed by atoms with E-state index in [2.05, 4.69) is 9.73 Å². The van der Waals surface area contributed by atoms with Crippen LogP contribution in [-0.4, -0.2) is 30.2 Å². The van der Waals surface area contributed by atoms with E-state index in [0.29, 0.717) is 16.1 Å². The third-order valence-electron chi connectivity index (χ3n) is 3.78. The SMILES string of the molecule is CCOC(=O)C1=C(C)N=c2s/c(=C\C(=O)OC)c(=O)n2C1c1cccs1. The number of thiophene rings is 1. The van der Waals surface area contributed by atoms with Crippen LogP contribution in [0.4, 0.5) is 0 Å². The molecular weight excluding hydrogens is 376 g/mol. The molecular formula is C17H16N2O5S2. The Morgan fingerprint density at radius 2 is 2.19 bits per heavy atom. The van der Waals surface area contributed by atoms with Crippen LogP contribution in [0, 0.1) is 0 Å². The van der Waals surface area contributed by atoms with Crippen LogP contribution < -0.4 is 14.9 Å². The van der Waals surface area contributed by atoms with Gasteiger partial charge in [-0.3, -0.25) is 9.36 Å². The Kier molecular flexibility index (Phi) is 5.19. The van der Waals surface area contributed by atoms with Crippen molar-refractivity contribution in [1.82, 2.24) is 4.57 Å². The van der Waals surface area contributed by atoms with E-state index in [-0.39, 0.29) is 11.1 Å². The molecule has 0 saturated heterocycles. The van der Waals surface area contributed by atoms with E-state index in [1.165, 1.54) is 23.0 Å². The highest BCUT2D eigenvalue weighted by Gasteiger charge is 2.33. The molecule has 0 N–H and O–H groups in total. The van der Waals surface area contributed by atoms with E-state index in [1.807, 2.05) is 17.5 Å². The number of carbonyl (C=O) groups is 2. The average Bonchev–Trinajstić information content (AvgIpc) is 3.23. The largest absolute Gasteiger partial charge is 0.466 e.